The summed E-state index contributed by atoms with van der Waals surface area (Å²) in [6, 6.07) is 17.6. The summed E-state index contributed by atoms with van der Waals surface area (Å²) in [5.41, 5.74) is 1.45. The summed E-state index contributed by atoms with van der Waals surface area (Å²) in [4.78, 5) is 14.5. The van der Waals surface area contributed by atoms with Gasteiger partial charge in [-0.3, -0.25) is 4.79 Å². The van der Waals surface area contributed by atoms with Crippen molar-refractivity contribution in [2.45, 2.75) is 25.9 Å². The number of hydrogen-bond acceptors (Lipinski definition) is 4. The molecule has 0 fully saturated rings. The van der Waals surface area contributed by atoms with Gasteiger partial charge in [0.1, 0.15) is 6.10 Å². The first-order valence-corrected chi connectivity index (χ1v) is 8.88. The lowest BCUT2D eigenvalue weighted by Crippen LogP contribution is -2.36. The summed E-state index contributed by atoms with van der Waals surface area (Å²) in [7, 11) is 0. The van der Waals surface area contributed by atoms with Crippen LogP contribution in [0.3, 0.4) is 0 Å². The monoisotopic (exact) mass is 349 g/mol. The molecule has 0 saturated heterocycles. The molecule has 3 aromatic rings. The second-order valence-electron chi connectivity index (χ2n) is 6.36. The average molecular weight is 349 g/mol. The molecule has 5 nitrogen and oxygen atoms in total. The Labute approximate surface area is 153 Å². The molecule has 2 aromatic carbocycles. The van der Waals surface area contributed by atoms with Crippen LogP contribution in [0.2, 0.25) is 0 Å². The Balaban J connectivity index is 1.71. The van der Waals surface area contributed by atoms with Gasteiger partial charge in [0, 0.05) is 12.7 Å². The number of aliphatic hydroxyl groups is 1. The number of benzene rings is 2. The van der Waals surface area contributed by atoms with Crippen LogP contribution >= 0.6 is 0 Å². The Bertz CT molecular complexity index is 867. The Hall–Kier alpha value is -2.79. The molecule has 0 radical (unpaired) electrons. The molecule has 3 rings (SSSR count). The summed E-state index contributed by atoms with van der Waals surface area (Å²) >= 11 is 0. The highest BCUT2D eigenvalue weighted by molar-refractivity contribution is 5.85. The predicted molar refractivity (Wildman–Crippen MR) is 102 cm³/mol. The van der Waals surface area contributed by atoms with Gasteiger partial charge in [-0.2, -0.15) is 10.2 Å². The maximum Gasteiger partial charge on any atom is 0.227 e. The lowest BCUT2D eigenvalue weighted by Gasteiger charge is -2.24. The van der Waals surface area contributed by atoms with E-state index in [1.54, 1.807) is 23.2 Å². The van der Waals surface area contributed by atoms with Crippen molar-refractivity contribution in [1.82, 2.24) is 15.1 Å². The minimum Gasteiger partial charge on any atom is -0.385 e. The van der Waals surface area contributed by atoms with Crippen molar-refractivity contribution in [3.63, 3.8) is 0 Å². The van der Waals surface area contributed by atoms with Crippen LogP contribution in [0.5, 0.6) is 0 Å². The molecular formula is C21H23N3O2. The van der Waals surface area contributed by atoms with Gasteiger partial charge in [-0.25, -0.2) is 0 Å². The standard InChI is InChI=1S/C21H23N3O2/c1-2-12-24(15-20(25)19-8-5-11-22-23-19)21(26)14-16-9-10-17-6-3-4-7-18(17)13-16/h3-11,13,20,25H,2,12,14-15H2,1H3. The third kappa shape index (κ3) is 4.43. The molecule has 0 aliphatic carbocycles. The molecule has 5 heteroatoms. The van der Waals surface area contributed by atoms with E-state index in [9.17, 15) is 9.90 Å². The first-order chi connectivity index (χ1) is 12.7. The van der Waals surface area contributed by atoms with E-state index in [0.29, 0.717) is 18.7 Å². The van der Waals surface area contributed by atoms with E-state index >= 15 is 0 Å². The molecule has 0 aliphatic heterocycles. The fourth-order valence-electron chi connectivity index (χ4n) is 3.02. The zero-order chi connectivity index (χ0) is 18.4. The van der Waals surface area contributed by atoms with Crippen molar-refractivity contribution in [2.24, 2.45) is 0 Å². The molecule has 1 amide bonds. The fraction of sp³-hybridized carbons (Fsp3) is 0.286. The van der Waals surface area contributed by atoms with E-state index in [4.69, 9.17) is 0 Å². The smallest absolute Gasteiger partial charge is 0.227 e. The SMILES string of the molecule is CCCN(CC(O)c1cccnn1)C(=O)Cc1ccc2ccccc2c1. The first kappa shape index (κ1) is 18.0. The van der Waals surface area contributed by atoms with Crippen molar-refractivity contribution in [3.8, 4) is 0 Å². The molecule has 0 spiro atoms. The molecule has 134 valence electrons. The number of carbonyl (C=O) groups excluding carboxylic acids is 1. The van der Waals surface area contributed by atoms with Crippen LogP contribution in [-0.2, 0) is 11.2 Å². The molecule has 1 heterocycles. The number of rotatable bonds is 7. The molecular weight excluding hydrogens is 326 g/mol. The van der Waals surface area contributed by atoms with Crippen molar-refractivity contribution < 1.29 is 9.90 Å². The van der Waals surface area contributed by atoms with E-state index in [1.165, 1.54) is 0 Å². The summed E-state index contributed by atoms with van der Waals surface area (Å²) < 4.78 is 0. The lowest BCUT2D eigenvalue weighted by molar-refractivity contribution is -0.132. The number of aliphatic hydroxyl groups excluding tert-OH is 1. The fourth-order valence-corrected chi connectivity index (χ4v) is 3.02. The highest BCUT2D eigenvalue weighted by Gasteiger charge is 2.19. The molecule has 0 bridgehead atoms. The van der Waals surface area contributed by atoms with Gasteiger partial charge in [-0.1, -0.05) is 49.4 Å². The first-order valence-electron chi connectivity index (χ1n) is 8.88. The molecule has 26 heavy (non-hydrogen) atoms. The van der Waals surface area contributed by atoms with Crippen molar-refractivity contribution >= 4 is 16.7 Å². The van der Waals surface area contributed by atoms with Crippen molar-refractivity contribution in [3.05, 3.63) is 72.1 Å². The van der Waals surface area contributed by atoms with Crippen molar-refractivity contribution in [1.29, 1.82) is 0 Å². The van der Waals surface area contributed by atoms with Crippen LogP contribution in [0.25, 0.3) is 10.8 Å². The molecule has 0 saturated carbocycles. The maximum absolute atomic E-state index is 12.8. The quantitative estimate of drug-likeness (QED) is 0.712. The van der Waals surface area contributed by atoms with Crippen LogP contribution in [0.4, 0.5) is 0 Å². The van der Waals surface area contributed by atoms with Gasteiger partial charge in [0.05, 0.1) is 18.7 Å². The number of hydrogen-bond donors (Lipinski definition) is 1. The molecule has 1 N–H and O–H groups in total. The van der Waals surface area contributed by atoms with Gasteiger partial charge in [-0.15, -0.1) is 0 Å². The average Bonchev–Trinajstić information content (AvgIpc) is 2.68. The lowest BCUT2D eigenvalue weighted by atomic mass is 10.0. The second kappa shape index (κ2) is 8.54. The summed E-state index contributed by atoms with van der Waals surface area (Å²) in [5, 5.41) is 20.4. The minimum absolute atomic E-state index is 0.00470. The topological polar surface area (TPSA) is 66.3 Å². The Kier molecular flexibility index (Phi) is 5.92. The van der Waals surface area contributed by atoms with E-state index in [-0.39, 0.29) is 12.5 Å². The predicted octanol–water partition coefficient (Wildman–Crippen LogP) is 3.14. The van der Waals surface area contributed by atoms with Crippen LogP contribution in [0, 0.1) is 0 Å². The van der Waals surface area contributed by atoms with E-state index in [2.05, 4.69) is 22.3 Å². The van der Waals surface area contributed by atoms with Crippen LogP contribution in [0.1, 0.15) is 30.7 Å². The van der Waals surface area contributed by atoms with Crippen LogP contribution < -0.4 is 0 Å². The summed E-state index contributed by atoms with van der Waals surface area (Å²) in [6.07, 6.45) is 1.87. The molecule has 1 atom stereocenters. The number of amides is 1. The van der Waals surface area contributed by atoms with E-state index in [0.717, 1.165) is 22.8 Å². The normalized spacial score (nSPS) is 12.1. The van der Waals surface area contributed by atoms with Gasteiger partial charge in [0.15, 0.2) is 0 Å². The third-order valence-electron chi connectivity index (χ3n) is 4.34. The Morgan fingerprint density at radius 2 is 1.92 bits per heavy atom. The number of fused-ring (bicyclic) bond motifs is 1. The number of aromatic nitrogens is 2. The maximum atomic E-state index is 12.8. The van der Waals surface area contributed by atoms with Gasteiger partial charge >= 0.3 is 0 Å². The van der Waals surface area contributed by atoms with Gasteiger partial charge in [0.25, 0.3) is 0 Å². The Morgan fingerprint density at radius 3 is 2.65 bits per heavy atom. The largest absolute Gasteiger partial charge is 0.385 e. The molecule has 1 unspecified atom stereocenters. The summed E-state index contributed by atoms with van der Waals surface area (Å²) in [6.45, 7) is 2.84. The highest BCUT2D eigenvalue weighted by Crippen LogP contribution is 2.17. The van der Waals surface area contributed by atoms with Crippen LogP contribution in [-0.4, -0.2) is 39.2 Å². The zero-order valence-electron chi connectivity index (χ0n) is 14.9. The number of carbonyl (C=O) groups is 1. The molecule has 0 aliphatic rings. The van der Waals surface area contributed by atoms with Gasteiger partial charge in [-0.05, 0) is 34.9 Å². The Morgan fingerprint density at radius 1 is 1.12 bits per heavy atom. The van der Waals surface area contributed by atoms with Gasteiger partial charge in [0.2, 0.25) is 5.91 Å². The van der Waals surface area contributed by atoms with E-state index in [1.807, 2.05) is 37.3 Å². The van der Waals surface area contributed by atoms with Gasteiger partial charge < -0.3 is 10.0 Å². The summed E-state index contributed by atoms with van der Waals surface area (Å²) in [5.74, 6) is 0.00470. The number of nitrogens with zero attached hydrogens (tertiary/aromatic N) is 3. The third-order valence-corrected chi connectivity index (χ3v) is 4.34. The van der Waals surface area contributed by atoms with Crippen LogP contribution in [0.15, 0.2) is 60.8 Å². The second-order valence-corrected chi connectivity index (χ2v) is 6.36. The van der Waals surface area contributed by atoms with Crippen molar-refractivity contribution in [2.75, 3.05) is 13.1 Å². The minimum atomic E-state index is -0.837. The van der Waals surface area contributed by atoms with E-state index < -0.39 is 6.10 Å². The zero-order valence-corrected chi connectivity index (χ0v) is 14.9. The molecule has 1 aromatic heterocycles. The highest BCUT2D eigenvalue weighted by atomic mass is 16.3.